The van der Waals surface area contributed by atoms with E-state index >= 15 is 0 Å². The van der Waals surface area contributed by atoms with E-state index in [9.17, 15) is 4.79 Å². The van der Waals surface area contributed by atoms with Gasteiger partial charge in [-0.25, -0.2) is 0 Å². The third kappa shape index (κ3) is 4.80. The van der Waals surface area contributed by atoms with E-state index in [0.29, 0.717) is 18.4 Å². The molecule has 1 aromatic heterocycles. The van der Waals surface area contributed by atoms with Crippen molar-refractivity contribution in [2.75, 3.05) is 19.6 Å². The normalized spacial score (nSPS) is 17.9. The Bertz CT molecular complexity index is 497. The zero-order chi connectivity index (χ0) is 16.3. The second-order valence-electron chi connectivity index (χ2n) is 7.27. The minimum atomic E-state index is -0.424. The average Bonchev–Trinajstić information content (AvgIpc) is 2.87. The molecule has 0 aliphatic carbocycles. The summed E-state index contributed by atoms with van der Waals surface area (Å²) in [4.78, 5) is 14.0. The van der Waals surface area contributed by atoms with Gasteiger partial charge in [0.2, 0.25) is 11.8 Å². The van der Waals surface area contributed by atoms with E-state index in [1.807, 2.05) is 34.6 Å². The van der Waals surface area contributed by atoms with E-state index in [2.05, 4.69) is 15.1 Å². The lowest BCUT2D eigenvalue weighted by atomic mass is 9.97. The lowest BCUT2D eigenvalue weighted by molar-refractivity contribution is -0.156. The number of esters is 1. The highest BCUT2D eigenvalue weighted by Crippen LogP contribution is 2.28. The number of hydrogen-bond acceptors (Lipinski definition) is 6. The second kappa shape index (κ2) is 6.77. The minimum absolute atomic E-state index is 0.161. The van der Waals surface area contributed by atoms with Gasteiger partial charge in [-0.1, -0.05) is 13.8 Å². The predicted octanol–water partition coefficient (Wildman–Crippen LogP) is 2.71. The highest BCUT2D eigenvalue weighted by Gasteiger charge is 2.27. The van der Waals surface area contributed by atoms with Crippen molar-refractivity contribution in [2.24, 2.45) is 0 Å². The van der Waals surface area contributed by atoms with Gasteiger partial charge in [-0.05, 0) is 46.7 Å². The first-order valence-corrected chi connectivity index (χ1v) is 8.02. The van der Waals surface area contributed by atoms with Gasteiger partial charge in [-0.15, -0.1) is 10.2 Å². The highest BCUT2D eigenvalue weighted by atomic mass is 16.6. The topological polar surface area (TPSA) is 68.5 Å². The molecular weight excluding hydrogens is 282 g/mol. The number of ether oxygens (including phenoxy) is 1. The Labute approximate surface area is 132 Å². The van der Waals surface area contributed by atoms with Crippen molar-refractivity contribution in [3.8, 4) is 0 Å². The number of rotatable bonds is 4. The molecule has 124 valence electrons. The average molecular weight is 309 g/mol. The van der Waals surface area contributed by atoms with Gasteiger partial charge in [0.05, 0.1) is 6.54 Å². The van der Waals surface area contributed by atoms with Crippen molar-refractivity contribution in [3.63, 3.8) is 0 Å². The van der Waals surface area contributed by atoms with Gasteiger partial charge in [-0.3, -0.25) is 9.69 Å². The molecule has 2 rings (SSSR count). The summed E-state index contributed by atoms with van der Waals surface area (Å²) < 4.78 is 11.1. The van der Waals surface area contributed by atoms with Crippen molar-refractivity contribution in [3.05, 3.63) is 11.8 Å². The Morgan fingerprint density at radius 2 is 1.95 bits per heavy atom. The minimum Gasteiger partial charge on any atom is -0.459 e. The third-order valence-corrected chi connectivity index (χ3v) is 3.66. The highest BCUT2D eigenvalue weighted by molar-refractivity contribution is 5.72. The Morgan fingerprint density at radius 1 is 1.32 bits per heavy atom. The monoisotopic (exact) mass is 309 g/mol. The molecule has 2 heterocycles. The van der Waals surface area contributed by atoms with Crippen LogP contribution >= 0.6 is 0 Å². The maximum atomic E-state index is 11.9. The Hall–Kier alpha value is -1.43. The summed E-state index contributed by atoms with van der Waals surface area (Å²) in [6.07, 6.45) is 1.87. The summed E-state index contributed by atoms with van der Waals surface area (Å²) in [7, 11) is 0. The molecule has 0 saturated carbocycles. The van der Waals surface area contributed by atoms with Crippen LogP contribution in [0.2, 0.25) is 0 Å². The molecule has 1 fully saturated rings. The fraction of sp³-hybridized carbons (Fsp3) is 0.812. The van der Waals surface area contributed by atoms with Gasteiger partial charge < -0.3 is 9.15 Å². The molecule has 0 radical (unpaired) electrons. The number of aromatic nitrogens is 2. The lowest BCUT2D eigenvalue weighted by Crippen LogP contribution is -2.39. The first-order valence-electron chi connectivity index (χ1n) is 8.02. The van der Waals surface area contributed by atoms with Crippen molar-refractivity contribution < 1.29 is 13.9 Å². The van der Waals surface area contributed by atoms with Gasteiger partial charge >= 0.3 is 5.97 Å². The van der Waals surface area contributed by atoms with Crippen LogP contribution in [-0.2, 0) is 9.53 Å². The second-order valence-corrected chi connectivity index (χ2v) is 7.27. The van der Waals surface area contributed by atoms with E-state index in [1.165, 1.54) is 0 Å². The number of carbonyl (C=O) groups is 1. The molecule has 6 heteroatoms. The molecule has 0 N–H and O–H groups in total. The van der Waals surface area contributed by atoms with Crippen molar-refractivity contribution >= 4 is 5.97 Å². The quantitative estimate of drug-likeness (QED) is 0.797. The molecule has 0 spiro atoms. The van der Waals surface area contributed by atoms with Gasteiger partial charge in [-0.2, -0.15) is 0 Å². The van der Waals surface area contributed by atoms with Crippen LogP contribution < -0.4 is 0 Å². The molecule has 6 nitrogen and oxygen atoms in total. The largest absolute Gasteiger partial charge is 0.459 e. The van der Waals surface area contributed by atoms with E-state index < -0.39 is 5.60 Å². The van der Waals surface area contributed by atoms with E-state index in [1.54, 1.807) is 0 Å². The summed E-state index contributed by atoms with van der Waals surface area (Å²) in [6.45, 7) is 11.8. The van der Waals surface area contributed by atoms with E-state index in [-0.39, 0.29) is 11.9 Å². The van der Waals surface area contributed by atoms with Crippen LogP contribution in [0.25, 0.3) is 0 Å². The molecule has 1 aliphatic heterocycles. The Balaban J connectivity index is 1.81. The standard InChI is InChI=1S/C16H27N3O3/c1-11(2)14-17-18-15(21-14)12-6-8-19(9-7-12)10-13(20)22-16(3,4)5/h11-12H,6-10H2,1-5H3. The summed E-state index contributed by atoms with van der Waals surface area (Å²) in [5.41, 5.74) is -0.424. The Kier molecular flexibility index (Phi) is 5.21. The number of hydrogen-bond donors (Lipinski definition) is 0. The molecule has 1 aromatic rings. The van der Waals surface area contributed by atoms with Gasteiger partial charge in [0, 0.05) is 11.8 Å². The van der Waals surface area contributed by atoms with E-state index in [0.717, 1.165) is 31.8 Å². The summed E-state index contributed by atoms with van der Waals surface area (Å²) in [5, 5.41) is 8.26. The number of nitrogens with zero attached hydrogens (tertiary/aromatic N) is 3. The van der Waals surface area contributed by atoms with Crippen LogP contribution in [0.1, 0.15) is 71.1 Å². The van der Waals surface area contributed by atoms with Gasteiger partial charge in [0.15, 0.2) is 0 Å². The van der Waals surface area contributed by atoms with Crippen LogP contribution in [0.5, 0.6) is 0 Å². The van der Waals surface area contributed by atoms with Crippen LogP contribution in [0.4, 0.5) is 0 Å². The summed E-state index contributed by atoms with van der Waals surface area (Å²) >= 11 is 0. The lowest BCUT2D eigenvalue weighted by Gasteiger charge is -2.30. The molecule has 1 saturated heterocycles. The van der Waals surface area contributed by atoms with Crippen molar-refractivity contribution in [1.29, 1.82) is 0 Å². The van der Waals surface area contributed by atoms with Crippen molar-refractivity contribution in [1.82, 2.24) is 15.1 Å². The summed E-state index contributed by atoms with van der Waals surface area (Å²) in [6, 6.07) is 0. The van der Waals surface area contributed by atoms with Crippen LogP contribution in [0.15, 0.2) is 4.42 Å². The third-order valence-electron chi connectivity index (χ3n) is 3.66. The predicted molar refractivity (Wildman–Crippen MR) is 82.6 cm³/mol. The Morgan fingerprint density at radius 3 is 2.45 bits per heavy atom. The first kappa shape index (κ1) is 16.9. The molecular formula is C16H27N3O3. The zero-order valence-corrected chi connectivity index (χ0v) is 14.3. The molecule has 0 aromatic carbocycles. The molecule has 0 bridgehead atoms. The molecule has 22 heavy (non-hydrogen) atoms. The van der Waals surface area contributed by atoms with Crippen LogP contribution in [0, 0.1) is 0 Å². The van der Waals surface area contributed by atoms with Crippen molar-refractivity contribution in [2.45, 2.75) is 64.9 Å². The van der Waals surface area contributed by atoms with Crippen LogP contribution in [-0.4, -0.2) is 46.3 Å². The fourth-order valence-electron chi connectivity index (χ4n) is 2.54. The smallest absolute Gasteiger partial charge is 0.320 e. The van der Waals surface area contributed by atoms with Gasteiger partial charge in [0.1, 0.15) is 5.60 Å². The molecule has 0 atom stereocenters. The number of piperidine rings is 1. The van der Waals surface area contributed by atoms with Gasteiger partial charge in [0.25, 0.3) is 0 Å². The van der Waals surface area contributed by atoms with E-state index in [4.69, 9.17) is 9.15 Å². The maximum Gasteiger partial charge on any atom is 0.320 e. The maximum absolute atomic E-state index is 11.9. The molecule has 1 aliphatic rings. The summed E-state index contributed by atoms with van der Waals surface area (Å²) in [5.74, 6) is 1.83. The number of likely N-dealkylation sites (tertiary alicyclic amines) is 1. The molecule has 0 amide bonds. The number of carbonyl (C=O) groups excluding carboxylic acids is 1. The first-order chi connectivity index (χ1) is 10.2. The van der Waals surface area contributed by atoms with Crippen LogP contribution in [0.3, 0.4) is 0 Å². The fourth-order valence-corrected chi connectivity index (χ4v) is 2.54. The molecule has 0 unspecified atom stereocenters. The SMILES string of the molecule is CC(C)c1nnc(C2CCN(CC(=O)OC(C)(C)C)CC2)o1. The zero-order valence-electron chi connectivity index (χ0n) is 14.3.